The van der Waals surface area contributed by atoms with Crippen LogP contribution in [0.1, 0.15) is 42.6 Å². The Morgan fingerprint density at radius 3 is 2.29 bits per heavy atom. The maximum Gasteiger partial charge on any atom is 0.259 e. The van der Waals surface area contributed by atoms with E-state index in [0.29, 0.717) is 17.6 Å². The van der Waals surface area contributed by atoms with Crippen molar-refractivity contribution in [3.05, 3.63) is 113 Å². The second kappa shape index (κ2) is 8.79. The number of nitrogens with zero attached hydrogens (tertiary/aromatic N) is 1. The van der Waals surface area contributed by atoms with Gasteiger partial charge in [0.2, 0.25) is 0 Å². The number of ketones is 1. The minimum absolute atomic E-state index is 0.0835. The van der Waals surface area contributed by atoms with Crippen molar-refractivity contribution in [1.82, 2.24) is 0 Å². The number of hydrogen-bond donors (Lipinski definition) is 1. The van der Waals surface area contributed by atoms with Gasteiger partial charge in [0, 0.05) is 23.3 Å². The number of hydrogen-bond acceptors (Lipinski definition) is 3. The monoisotopic (exact) mass is 448 g/mol. The molecule has 5 rings (SSSR count). The Morgan fingerprint density at radius 2 is 1.56 bits per heavy atom. The maximum atomic E-state index is 14.0. The van der Waals surface area contributed by atoms with Crippen molar-refractivity contribution in [3.63, 3.8) is 0 Å². The average Bonchev–Trinajstić information content (AvgIpc) is 2.96. The van der Waals surface area contributed by atoms with Gasteiger partial charge in [-0.3, -0.25) is 14.5 Å². The van der Waals surface area contributed by atoms with Crippen molar-refractivity contribution in [2.45, 2.75) is 32.7 Å². The maximum absolute atomic E-state index is 14.0. The van der Waals surface area contributed by atoms with Gasteiger partial charge in [0.15, 0.2) is 5.78 Å². The highest BCUT2D eigenvalue weighted by Gasteiger charge is 2.41. The van der Waals surface area contributed by atoms with Crippen molar-refractivity contribution >= 4 is 29.1 Å². The predicted octanol–water partition coefficient (Wildman–Crippen LogP) is 6.48. The Bertz CT molecular complexity index is 1290. The van der Waals surface area contributed by atoms with E-state index >= 15 is 0 Å². The molecular formula is C30H28N2O2. The van der Waals surface area contributed by atoms with Gasteiger partial charge in [-0.15, -0.1) is 0 Å². The zero-order valence-corrected chi connectivity index (χ0v) is 19.5. The molecule has 0 bridgehead atoms. The number of para-hydroxylation sites is 2. The molecule has 1 aliphatic carbocycles. The molecule has 0 radical (unpaired) electrons. The smallest absolute Gasteiger partial charge is 0.259 e. The molecule has 1 amide bonds. The van der Waals surface area contributed by atoms with Crippen molar-refractivity contribution in [3.8, 4) is 0 Å². The molecule has 0 aromatic heterocycles. The van der Waals surface area contributed by atoms with Crippen LogP contribution >= 0.6 is 0 Å². The normalized spacial score (nSPS) is 19.3. The molecule has 170 valence electrons. The fraction of sp³-hybridized carbons (Fsp3) is 0.200. The first-order chi connectivity index (χ1) is 16.4. The molecule has 34 heavy (non-hydrogen) atoms. The molecule has 3 aromatic carbocycles. The van der Waals surface area contributed by atoms with E-state index in [9.17, 15) is 9.59 Å². The lowest BCUT2D eigenvalue weighted by Gasteiger charge is -2.35. The minimum atomic E-state index is -0.525. The van der Waals surface area contributed by atoms with Crippen LogP contribution in [0.5, 0.6) is 0 Å². The van der Waals surface area contributed by atoms with Crippen LogP contribution in [0.2, 0.25) is 0 Å². The first-order valence-electron chi connectivity index (χ1n) is 11.7. The quantitative estimate of drug-likeness (QED) is 0.499. The van der Waals surface area contributed by atoms with Crippen molar-refractivity contribution in [2.24, 2.45) is 5.41 Å². The summed E-state index contributed by atoms with van der Waals surface area (Å²) >= 11 is 0. The molecule has 0 saturated carbocycles. The summed E-state index contributed by atoms with van der Waals surface area (Å²) in [6.45, 7) is 4.24. The molecule has 1 heterocycles. The second-order valence-corrected chi connectivity index (χ2v) is 9.73. The Morgan fingerprint density at radius 1 is 0.912 bits per heavy atom. The number of carbonyl (C=O) groups is 2. The number of anilines is 2. The molecule has 4 heteroatoms. The van der Waals surface area contributed by atoms with Gasteiger partial charge in [0.05, 0.1) is 17.4 Å². The molecule has 0 unspecified atom stereocenters. The number of allylic oxidation sites excluding steroid dienone is 1. The third-order valence-electron chi connectivity index (χ3n) is 6.45. The van der Waals surface area contributed by atoms with Crippen LogP contribution < -0.4 is 10.2 Å². The summed E-state index contributed by atoms with van der Waals surface area (Å²) in [4.78, 5) is 29.4. The van der Waals surface area contributed by atoms with Gasteiger partial charge in [0.25, 0.3) is 5.91 Å². The molecule has 1 atom stereocenters. The van der Waals surface area contributed by atoms with E-state index < -0.39 is 6.04 Å². The van der Waals surface area contributed by atoms with Crippen LogP contribution in [0.25, 0.3) is 6.08 Å². The van der Waals surface area contributed by atoms with E-state index in [-0.39, 0.29) is 17.1 Å². The zero-order chi connectivity index (χ0) is 23.7. The summed E-state index contributed by atoms with van der Waals surface area (Å²) in [7, 11) is 0. The number of nitrogens with one attached hydrogen (secondary N) is 1. The highest BCUT2D eigenvalue weighted by atomic mass is 16.2. The van der Waals surface area contributed by atoms with Crippen molar-refractivity contribution in [2.75, 3.05) is 10.2 Å². The summed E-state index contributed by atoms with van der Waals surface area (Å²) in [6, 6.07) is 26.5. The van der Waals surface area contributed by atoms with Crippen LogP contribution in [-0.4, -0.2) is 17.7 Å². The van der Waals surface area contributed by atoms with Crippen LogP contribution in [0.4, 0.5) is 11.4 Å². The van der Waals surface area contributed by atoms with Crippen LogP contribution in [0.15, 0.2) is 102 Å². The molecule has 0 fully saturated rings. The topological polar surface area (TPSA) is 49.4 Å². The van der Waals surface area contributed by atoms with E-state index in [1.54, 1.807) is 4.90 Å². The number of amides is 1. The van der Waals surface area contributed by atoms with Gasteiger partial charge in [-0.25, -0.2) is 0 Å². The minimum Gasteiger partial charge on any atom is -0.357 e. The summed E-state index contributed by atoms with van der Waals surface area (Å²) in [5.41, 5.74) is 4.63. The van der Waals surface area contributed by atoms with Crippen molar-refractivity contribution in [1.29, 1.82) is 0 Å². The van der Waals surface area contributed by atoms with E-state index in [0.717, 1.165) is 29.1 Å². The van der Waals surface area contributed by atoms with E-state index in [1.165, 1.54) is 0 Å². The number of benzene rings is 3. The van der Waals surface area contributed by atoms with Crippen LogP contribution in [-0.2, 0) is 4.79 Å². The highest BCUT2D eigenvalue weighted by molar-refractivity contribution is 6.12. The Labute approximate surface area is 200 Å². The van der Waals surface area contributed by atoms with E-state index in [1.807, 2.05) is 97.1 Å². The lowest BCUT2D eigenvalue weighted by Crippen LogP contribution is -2.44. The Kier molecular flexibility index (Phi) is 5.66. The van der Waals surface area contributed by atoms with Gasteiger partial charge in [-0.05, 0) is 41.7 Å². The third-order valence-corrected chi connectivity index (χ3v) is 6.45. The third kappa shape index (κ3) is 4.19. The molecule has 0 spiro atoms. The summed E-state index contributed by atoms with van der Waals surface area (Å²) < 4.78 is 0. The summed E-state index contributed by atoms with van der Waals surface area (Å²) in [5.74, 6) is -0.0518. The Hall–Kier alpha value is -3.92. The van der Waals surface area contributed by atoms with Gasteiger partial charge in [-0.2, -0.15) is 0 Å². The van der Waals surface area contributed by atoms with Crippen LogP contribution in [0, 0.1) is 5.41 Å². The summed E-state index contributed by atoms with van der Waals surface area (Å²) in [5, 5.41) is 3.54. The average molecular weight is 449 g/mol. The summed E-state index contributed by atoms with van der Waals surface area (Å²) in [6.07, 6.45) is 5.19. The van der Waals surface area contributed by atoms with Gasteiger partial charge in [0.1, 0.15) is 0 Å². The van der Waals surface area contributed by atoms with E-state index in [2.05, 4.69) is 19.2 Å². The number of fused-ring (bicyclic) bond motifs is 1. The van der Waals surface area contributed by atoms with Crippen molar-refractivity contribution < 1.29 is 9.59 Å². The fourth-order valence-electron chi connectivity index (χ4n) is 4.92. The largest absolute Gasteiger partial charge is 0.357 e. The van der Waals surface area contributed by atoms with E-state index in [4.69, 9.17) is 0 Å². The second-order valence-electron chi connectivity index (χ2n) is 9.73. The molecule has 1 aliphatic heterocycles. The van der Waals surface area contributed by atoms with Gasteiger partial charge in [-0.1, -0.05) is 86.7 Å². The van der Waals surface area contributed by atoms with Gasteiger partial charge >= 0.3 is 0 Å². The number of carbonyl (C=O) groups excluding carboxylic acids is 2. The molecule has 2 aliphatic rings. The molecule has 4 nitrogen and oxygen atoms in total. The molecular weight excluding hydrogens is 420 g/mol. The molecule has 1 N–H and O–H groups in total. The standard InChI is InChI=1S/C30H28N2O2/c1-30(2)19-24-28(27(33)20-30)26(18-17-21-11-5-3-6-12-21)32(25-16-10-9-15-23(25)31-24)29(34)22-13-7-4-8-14-22/h3-18,26,31H,19-20H2,1-2H3/b18-17+/t26-/m1/s1. The molecule has 3 aromatic rings. The Balaban J connectivity index is 1.72. The SMILES string of the molecule is CC1(C)CC(=O)C2=C(C1)Nc1ccccc1N(C(=O)c1ccccc1)[C@@H]2/C=C/c1ccccc1. The van der Waals surface area contributed by atoms with Gasteiger partial charge < -0.3 is 5.32 Å². The predicted molar refractivity (Wildman–Crippen MR) is 138 cm³/mol. The first kappa shape index (κ1) is 21.9. The fourth-order valence-corrected chi connectivity index (χ4v) is 4.92. The number of rotatable bonds is 3. The highest BCUT2D eigenvalue weighted by Crippen LogP contribution is 2.44. The van der Waals surface area contributed by atoms with Crippen LogP contribution in [0.3, 0.4) is 0 Å². The lowest BCUT2D eigenvalue weighted by atomic mass is 9.74. The first-order valence-corrected chi connectivity index (χ1v) is 11.7. The number of Topliss-reactive ketones (excluding diaryl/α,β-unsaturated/α-hetero) is 1. The lowest BCUT2D eigenvalue weighted by molar-refractivity contribution is -0.118. The molecule has 0 saturated heterocycles. The zero-order valence-electron chi connectivity index (χ0n) is 19.5.